The number of aliphatic carboxylic acids is 1. The number of hydrogen-bond donors (Lipinski definition) is 1. The molecule has 0 saturated carbocycles. The molecular formula is C2H6BrNaO2. The van der Waals surface area contributed by atoms with Crippen molar-refractivity contribution in [3.05, 3.63) is 0 Å². The van der Waals surface area contributed by atoms with Crippen LogP contribution < -0.4 is 29.6 Å². The Morgan fingerprint density at radius 1 is 1.83 bits per heavy atom. The van der Waals surface area contributed by atoms with E-state index in [9.17, 15) is 0 Å². The van der Waals surface area contributed by atoms with E-state index in [1.165, 1.54) is 0 Å². The van der Waals surface area contributed by atoms with E-state index in [-0.39, 0.29) is 48.0 Å². The summed E-state index contributed by atoms with van der Waals surface area (Å²) >= 11 is 0. The first-order chi connectivity index (χ1) is 1.73. The molecule has 1 N–H and O–H groups in total. The van der Waals surface area contributed by atoms with Crippen LogP contribution in [0.15, 0.2) is 0 Å². The molecule has 4 heteroatoms. The van der Waals surface area contributed by atoms with Crippen molar-refractivity contribution in [2.45, 2.75) is 6.92 Å². The molecule has 34 valence electrons. The van der Waals surface area contributed by atoms with Crippen molar-refractivity contribution in [2.24, 2.45) is 0 Å². The molecule has 6 heavy (non-hydrogen) atoms. The van der Waals surface area contributed by atoms with Gasteiger partial charge in [-0.3, -0.25) is 4.79 Å². The fourth-order valence-electron chi connectivity index (χ4n) is 0. The molecule has 0 saturated heterocycles. The molecule has 0 aromatic carbocycles. The Bertz CT molecular complexity index is 38.7. The summed E-state index contributed by atoms with van der Waals surface area (Å²) < 4.78 is 0. The van der Waals surface area contributed by atoms with Crippen LogP contribution in [0.4, 0.5) is 0 Å². The molecule has 0 aromatic heterocycles. The smallest absolute Gasteiger partial charge is 1.00 e. The first kappa shape index (κ1) is 15.8. The fraction of sp³-hybridized carbons (Fsp3) is 0.500. The molecular weight excluding hydrogens is 159 g/mol. The number of carboxylic acid groups (broad SMARTS) is 1. The monoisotopic (exact) mass is 164 g/mol. The van der Waals surface area contributed by atoms with E-state index < -0.39 is 5.97 Å². The molecule has 0 rings (SSSR count). The molecule has 0 spiro atoms. The van der Waals surface area contributed by atoms with Crippen LogP contribution in [0.3, 0.4) is 0 Å². The van der Waals surface area contributed by atoms with Gasteiger partial charge in [0.2, 0.25) is 0 Å². The second kappa shape index (κ2) is 9.34. The Balaban J connectivity index is -0.0000000150. The normalized spacial score (nSPS) is 4.17. The standard InChI is InChI=1S/C2H4O2.BrH.Na.H/c1-2(3)4;;;/h1H3,(H,3,4);1H;;/q;;+1;-1. The minimum absolute atomic E-state index is 0. The Kier molecular flexibility index (Phi) is 24.6. The zero-order chi connectivity index (χ0) is 3.58. The third-order valence-corrected chi connectivity index (χ3v) is 0. The van der Waals surface area contributed by atoms with E-state index in [1.54, 1.807) is 0 Å². The number of carboxylic acids is 1. The van der Waals surface area contributed by atoms with Crippen LogP contribution >= 0.6 is 17.0 Å². The second-order valence-electron chi connectivity index (χ2n) is 0.519. The molecule has 0 aromatic rings. The summed E-state index contributed by atoms with van der Waals surface area (Å²) in [5.41, 5.74) is 0. The molecule has 0 heterocycles. The summed E-state index contributed by atoms with van der Waals surface area (Å²) in [6, 6.07) is 0. The van der Waals surface area contributed by atoms with Gasteiger partial charge in [0.05, 0.1) is 0 Å². The minimum atomic E-state index is -0.833. The maximum Gasteiger partial charge on any atom is 1.00 e. The second-order valence-corrected chi connectivity index (χ2v) is 0.519. The quantitative estimate of drug-likeness (QED) is 0.413. The van der Waals surface area contributed by atoms with E-state index in [0.29, 0.717) is 0 Å². The molecule has 0 aliphatic rings. The topological polar surface area (TPSA) is 37.3 Å². The van der Waals surface area contributed by atoms with Crippen molar-refractivity contribution >= 4 is 23.0 Å². The van der Waals surface area contributed by atoms with E-state index in [0.717, 1.165) is 6.92 Å². The summed E-state index contributed by atoms with van der Waals surface area (Å²) in [5.74, 6) is -0.833. The van der Waals surface area contributed by atoms with Crippen molar-refractivity contribution in [2.75, 3.05) is 0 Å². The van der Waals surface area contributed by atoms with Gasteiger partial charge in [-0.1, -0.05) is 0 Å². The summed E-state index contributed by atoms with van der Waals surface area (Å²) in [6.07, 6.45) is 0. The third kappa shape index (κ3) is 85.6. The zero-order valence-electron chi connectivity index (χ0n) is 4.76. The van der Waals surface area contributed by atoms with Gasteiger partial charge in [0.25, 0.3) is 5.97 Å². The molecule has 0 amide bonds. The fourth-order valence-corrected chi connectivity index (χ4v) is 0. The van der Waals surface area contributed by atoms with Crippen molar-refractivity contribution in [3.8, 4) is 0 Å². The Morgan fingerprint density at radius 2 is 1.83 bits per heavy atom. The number of rotatable bonds is 0. The maximum atomic E-state index is 9.00. The van der Waals surface area contributed by atoms with Crippen LogP contribution in [0.25, 0.3) is 0 Å². The van der Waals surface area contributed by atoms with Gasteiger partial charge in [0.1, 0.15) is 0 Å². The minimum Gasteiger partial charge on any atom is -1.00 e. The molecule has 0 fully saturated rings. The first-order valence-corrected chi connectivity index (χ1v) is 0.928. The van der Waals surface area contributed by atoms with E-state index >= 15 is 0 Å². The number of carbonyl (C=O) groups is 1. The van der Waals surface area contributed by atoms with Gasteiger partial charge in [-0.25, -0.2) is 0 Å². The molecule has 0 radical (unpaired) electrons. The average Bonchev–Trinajstić information content (AvgIpc) is 0.811. The van der Waals surface area contributed by atoms with Gasteiger partial charge >= 0.3 is 29.6 Å². The van der Waals surface area contributed by atoms with Gasteiger partial charge < -0.3 is 6.53 Å². The molecule has 0 aliphatic carbocycles. The zero-order valence-corrected chi connectivity index (χ0v) is 7.48. The Morgan fingerprint density at radius 3 is 1.83 bits per heavy atom. The largest absolute Gasteiger partial charge is 1.00 e. The SMILES string of the molecule is Br.CC(=O)O.[H-].[Na+]. The molecule has 0 aliphatic heterocycles. The van der Waals surface area contributed by atoms with Crippen molar-refractivity contribution in [1.29, 1.82) is 0 Å². The predicted molar refractivity (Wildman–Crippen MR) is 24.7 cm³/mol. The average molecular weight is 165 g/mol. The Hall–Kier alpha value is 0.950. The van der Waals surface area contributed by atoms with Crippen LogP contribution in [0.2, 0.25) is 0 Å². The van der Waals surface area contributed by atoms with Gasteiger partial charge in [0, 0.05) is 6.92 Å². The Labute approximate surface area is 70.5 Å². The van der Waals surface area contributed by atoms with E-state index in [4.69, 9.17) is 9.90 Å². The molecule has 0 atom stereocenters. The van der Waals surface area contributed by atoms with Crippen molar-refractivity contribution in [3.63, 3.8) is 0 Å². The van der Waals surface area contributed by atoms with E-state index in [2.05, 4.69) is 0 Å². The van der Waals surface area contributed by atoms with Crippen LogP contribution in [-0.2, 0) is 4.79 Å². The van der Waals surface area contributed by atoms with Gasteiger partial charge in [-0.15, -0.1) is 17.0 Å². The summed E-state index contributed by atoms with van der Waals surface area (Å²) in [4.78, 5) is 9.00. The maximum absolute atomic E-state index is 9.00. The summed E-state index contributed by atoms with van der Waals surface area (Å²) in [6.45, 7) is 1.08. The number of hydrogen-bond acceptors (Lipinski definition) is 1. The number of halogens is 1. The van der Waals surface area contributed by atoms with Crippen LogP contribution in [0.1, 0.15) is 8.35 Å². The van der Waals surface area contributed by atoms with Crippen molar-refractivity contribution in [1.82, 2.24) is 0 Å². The van der Waals surface area contributed by atoms with E-state index in [1.807, 2.05) is 0 Å². The van der Waals surface area contributed by atoms with Crippen LogP contribution in [0.5, 0.6) is 0 Å². The molecule has 0 unspecified atom stereocenters. The van der Waals surface area contributed by atoms with Gasteiger partial charge in [0.15, 0.2) is 0 Å². The summed E-state index contributed by atoms with van der Waals surface area (Å²) in [5, 5.41) is 7.42. The van der Waals surface area contributed by atoms with Gasteiger partial charge in [-0.05, 0) is 0 Å². The first-order valence-electron chi connectivity index (χ1n) is 0.928. The van der Waals surface area contributed by atoms with Crippen LogP contribution in [0, 0.1) is 0 Å². The predicted octanol–water partition coefficient (Wildman–Crippen LogP) is -2.21. The van der Waals surface area contributed by atoms with Crippen LogP contribution in [-0.4, -0.2) is 11.1 Å². The summed E-state index contributed by atoms with van der Waals surface area (Å²) in [7, 11) is 0. The molecule has 2 nitrogen and oxygen atoms in total. The molecule has 0 bridgehead atoms. The third-order valence-electron chi connectivity index (χ3n) is 0. The van der Waals surface area contributed by atoms with Gasteiger partial charge in [-0.2, -0.15) is 0 Å². The van der Waals surface area contributed by atoms with Crippen molar-refractivity contribution < 1.29 is 40.9 Å².